The monoisotopic (exact) mass is 493 g/mol. The average molecular weight is 494 g/mol. The number of piperazine rings is 1. The van der Waals surface area contributed by atoms with Crippen molar-refractivity contribution < 1.29 is 22.7 Å². The van der Waals surface area contributed by atoms with E-state index in [0.29, 0.717) is 43.7 Å². The van der Waals surface area contributed by atoms with E-state index in [0.717, 1.165) is 30.4 Å². The van der Waals surface area contributed by atoms with Gasteiger partial charge in [0.25, 0.3) is 0 Å². The van der Waals surface area contributed by atoms with Crippen LogP contribution in [-0.4, -0.2) is 83.4 Å². The van der Waals surface area contributed by atoms with Gasteiger partial charge in [0.15, 0.2) is 16.7 Å². The van der Waals surface area contributed by atoms with Crippen molar-refractivity contribution in [3.05, 3.63) is 24.0 Å². The van der Waals surface area contributed by atoms with E-state index in [1.165, 1.54) is 28.2 Å². The van der Waals surface area contributed by atoms with Crippen LogP contribution in [0.15, 0.2) is 28.3 Å². The molecule has 1 amide bonds. The van der Waals surface area contributed by atoms with Crippen LogP contribution in [0.2, 0.25) is 0 Å². The number of carbonyl (C=O) groups is 1. The lowest BCUT2D eigenvalue weighted by molar-refractivity contribution is -0.129. The molecule has 10 nitrogen and oxygen atoms in total. The maximum Gasteiger partial charge on any atom is 0.243 e. The number of rotatable bonds is 7. The van der Waals surface area contributed by atoms with Crippen molar-refractivity contribution in [3.63, 3.8) is 0 Å². The number of thioether (sulfide) groups is 1. The standard InChI is InChI=1S/C21H27N5O5S2/c1-2-26-20(15-3-4-15)22-23-21(26)32-14-19(27)24-7-9-25(10-8-24)33(28,29)16-5-6-17-18(13-16)31-12-11-30-17/h5-6,13,15H,2-4,7-12,14H2,1H3. The first-order valence-corrected chi connectivity index (χ1v) is 13.6. The minimum absolute atomic E-state index is 0.0185. The quantitative estimate of drug-likeness (QED) is 0.535. The summed E-state index contributed by atoms with van der Waals surface area (Å²) in [7, 11) is -3.68. The van der Waals surface area contributed by atoms with Crippen LogP contribution >= 0.6 is 11.8 Å². The highest BCUT2D eigenvalue weighted by Crippen LogP contribution is 2.40. The molecule has 178 valence electrons. The third kappa shape index (κ3) is 4.56. The Morgan fingerprint density at radius 2 is 1.82 bits per heavy atom. The summed E-state index contributed by atoms with van der Waals surface area (Å²) >= 11 is 1.40. The first kappa shape index (κ1) is 22.5. The predicted octanol–water partition coefficient (Wildman–Crippen LogP) is 1.57. The van der Waals surface area contributed by atoms with Crippen molar-refractivity contribution >= 4 is 27.7 Å². The second-order valence-electron chi connectivity index (χ2n) is 8.24. The van der Waals surface area contributed by atoms with Crippen molar-refractivity contribution in [1.82, 2.24) is 24.0 Å². The van der Waals surface area contributed by atoms with Crippen LogP contribution in [0.1, 0.15) is 31.5 Å². The zero-order valence-electron chi connectivity index (χ0n) is 18.5. The van der Waals surface area contributed by atoms with E-state index >= 15 is 0 Å². The Labute approximate surface area is 197 Å². The van der Waals surface area contributed by atoms with E-state index in [2.05, 4.69) is 21.7 Å². The molecule has 3 aliphatic rings. The zero-order chi connectivity index (χ0) is 23.0. The Kier molecular flexibility index (Phi) is 6.23. The topological polar surface area (TPSA) is 107 Å². The second kappa shape index (κ2) is 9.15. The number of hydrogen-bond acceptors (Lipinski definition) is 8. The predicted molar refractivity (Wildman–Crippen MR) is 121 cm³/mol. The molecule has 0 radical (unpaired) electrons. The number of aromatic nitrogens is 3. The van der Waals surface area contributed by atoms with Crippen LogP contribution in [0.25, 0.3) is 0 Å². The summed E-state index contributed by atoms with van der Waals surface area (Å²) in [4.78, 5) is 14.7. The fourth-order valence-electron chi connectivity index (χ4n) is 4.08. The number of ether oxygens (including phenoxy) is 2. The van der Waals surface area contributed by atoms with Crippen LogP contribution < -0.4 is 9.47 Å². The summed E-state index contributed by atoms with van der Waals surface area (Å²) in [5.41, 5.74) is 0. The fraction of sp³-hybridized carbons (Fsp3) is 0.571. The summed E-state index contributed by atoms with van der Waals surface area (Å²) in [6.45, 7) is 4.91. The number of benzene rings is 1. The Bertz CT molecular complexity index is 1140. The first-order chi connectivity index (χ1) is 16.0. The molecular formula is C21H27N5O5S2. The minimum atomic E-state index is -3.68. The molecule has 1 saturated carbocycles. The maximum atomic E-state index is 13.1. The third-order valence-corrected chi connectivity index (χ3v) is 8.92. The molecule has 3 heterocycles. The molecule has 1 aromatic carbocycles. The van der Waals surface area contributed by atoms with Gasteiger partial charge in [-0.25, -0.2) is 8.42 Å². The molecular weight excluding hydrogens is 466 g/mol. The van der Waals surface area contributed by atoms with Crippen molar-refractivity contribution in [2.75, 3.05) is 45.1 Å². The van der Waals surface area contributed by atoms with Crippen molar-refractivity contribution in [2.45, 2.75) is 42.3 Å². The SMILES string of the molecule is CCn1c(SCC(=O)N2CCN(S(=O)(=O)c3ccc4c(c3)OCCO4)CC2)nnc1C1CC1. The van der Waals surface area contributed by atoms with E-state index in [1.807, 2.05) is 0 Å². The van der Waals surface area contributed by atoms with Gasteiger partial charge in [0.2, 0.25) is 15.9 Å². The molecule has 2 fully saturated rings. The number of fused-ring (bicyclic) bond motifs is 1. The number of nitrogens with zero attached hydrogens (tertiary/aromatic N) is 5. The summed E-state index contributed by atoms with van der Waals surface area (Å²) < 4.78 is 40.7. The number of carbonyl (C=O) groups excluding carboxylic acids is 1. The summed E-state index contributed by atoms with van der Waals surface area (Å²) in [6, 6.07) is 4.68. The lowest BCUT2D eigenvalue weighted by Crippen LogP contribution is -2.51. The summed E-state index contributed by atoms with van der Waals surface area (Å²) in [6.07, 6.45) is 2.31. The number of hydrogen-bond donors (Lipinski definition) is 0. The fourth-order valence-corrected chi connectivity index (χ4v) is 6.43. The first-order valence-electron chi connectivity index (χ1n) is 11.2. The molecule has 5 rings (SSSR count). The van der Waals surface area contributed by atoms with Gasteiger partial charge in [0, 0.05) is 44.7 Å². The highest BCUT2D eigenvalue weighted by Gasteiger charge is 2.32. The van der Waals surface area contributed by atoms with E-state index in [-0.39, 0.29) is 29.6 Å². The van der Waals surface area contributed by atoms with Gasteiger partial charge in [-0.2, -0.15) is 4.31 Å². The molecule has 1 aliphatic carbocycles. The van der Waals surface area contributed by atoms with Gasteiger partial charge in [0.05, 0.1) is 10.6 Å². The van der Waals surface area contributed by atoms with Crippen molar-refractivity contribution in [3.8, 4) is 11.5 Å². The molecule has 2 aliphatic heterocycles. The minimum Gasteiger partial charge on any atom is -0.486 e. The van der Waals surface area contributed by atoms with Crippen LogP contribution in [0.4, 0.5) is 0 Å². The van der Waals surface area contributed by atoms with Gasteiger partial charge < -0.3 is 18.9 Å². The third-order valence-electron chi connectivity index (χ3n) is 6.07. The van der Waals surface area contributed by atoms with Crippen LogP contribution in [0.5, 0.6) is 11.5 Å². The van der Waals surface area contributed by atoms with Gasteiger partial charge in [-0.05, 0) is 31.9 Å². The zero-order valence-corrected chi connectivity index (χ0v) is 20.1. The molecule has 12 heteroatoms. The van der Waals surface area contributed by atoms with Crippen LogP contribution in [0, 0.1) is 0 Å². The Hall–Kier alpha value is -2.31. The highest BCUT2D eigenvalue weighted by atomic mass is 32.2. The number of amides is 1. The van der Waals surface area contributed by atoms with Crippen LogP contribution in [0.3, 0.4) is 0 Å². The van der Waals surface area contributed by atoms with E-state index in [9.17, 15) is 13.2 Å². The molecule has 1 aromatic heterocycles. The molecule has 0 atom stereocenters. The normalized spacial score (nSPS) is 19.0. The summed E-state index contributed by atoms with van der Waals surface area (Å²) in [5.74, 6) is 2.76. The number of sulfonamides is 1. The Balaban J connectivity index is 1.17. The van der Waals surface area contributed by atoms with Gasteiger partial charge in [0.1, 0.15) is 19.0 Å². The van der Waals surface area contributed by atoms with E-state index in [1.54, 1.807) is 11.0 Å². The van der Waals surface area contributed by atoms with Gasteiger partial charge in [-0.1, -0.05) is 11.8 Å². The molecule has 0 N–H and O–H groups in total. The lowest BCUT2D eigenvalue weighted by atomic mass is 10.3. The van der Waals surface area contributed by atoms with Gasteiger partial charge in [-0.15, -0.1) is 10.2 Å². The average Bonchev–Trinajstić information content (AvgIpc) is 3.61. The van der Waals surface area contributed by atoms with Gasteiger partial charge in [-0.3, -0.25) is 4.79 Å². The van der Waals surface area contributed by atoms with E-state index in [4.69, 9.17) is 9.47 Å². The largest absolute Gasteiger partial charge is 0.486 e. The maximum absolute atomic E-state index is 13.1. The molecule has 0 bridgehead atoms. The summed E-state index contributed by atoms with van der Waals surface area (Å²) in [5, 5.41) is 9.35. The second-order valence-corrected chi connectivity index (χ2v) is 11.1. The molecule has 2 aromatic rings. The highest BCUT2D eigenvalue weighted by molar-refractivity contribution is 7.99. The molecule has 1 saturated heterocycles. The van der Waals surface area contributed by atoms with Crippen molar-refractivity contribution in [1.29, 1.82) is 0 Å². The van der Waals surface area contributed by atoms with E-state index < -0.39 is 10.0 Å². The smallest absolute Gasteiger partial charge is 0.243 e. The molecule has 0 spiro atoms. The Morgan fingerprint density at radius 1 is 1.09 bits per heavy atom. The van der Waals surface area contributed by atoms with Crippen molar-refractivity contribution in [2.24, 2.45) is 0 Å². The Morgan fingerprint density at radius 3 is 2.52 bits per heavy atom. The van der Waals surface area contributed by atoms with Crippen LogP contribution in [-0.2, 0) is 21.4 Å². The molecule has 0 unspecified atom stereocenters. The molecule has 33 heavy (non-hydrogen) atoms. The van der Waals surface area contributed by atoms with Gasteiger partial charge >= 0.3 is 0 Å². The lowest BCUT2D eigenvalue weighted by Gasteiger charge is -2.34.